The average Bonchev–Trinajstić information content (AvgIpc) is 3.11. The molecular formula is C14H14FN5O. The predicted octanol–water partition coefficient (Wildman–Crippen LogP) is 1.48. The molecule has 4 N–H and O–H groups in total. The zero-order chi connectivity index (χ0) is 14.6. The molecule has 4 rings (SSSR count). The number of aromatic nitrogens is 3. The third-order valence-electron chi connectivity index (χ3n) is 4.04. The molecule has 0 bridgehead atoms. The fraction of sp³-hybridized carbons (Fsp3) is 0.286. The van der Waals surface area contributed by atoms with Crippen molar-refractivity contribution in [2.75, 3.05) is 6.54 Å². The SMILES string of the molecule is NC(=O)c1cc(F)cc2[nH]c3c(C4CCCN4)cnn3c12. The van der Waals surface area contributed by atoms with Crippen LogP contribution in [0.25, 0.3) is 16.7 Å². The van der Waals surface area contributed by atoms with Gasteiger partial charge in [0.2, 0.25) is 0 Å². The van der Waals surface area contributed by atoms with Crippen LogP contribution >= 0.6 is 0 Å². The number of amides is 1. The van der Waals surface area contributed by atoms with Crippen LogP contribution in [0.2, 0.25) is 0 Å². The molecule has 0 spiro atoms. The Kier molecular flexibility index (Phi) is 2.52. The average molecular weight is 287 g/mol. The Morgan fingerprint density at radius 3 is 3.05 bits per heavy atom. The molecule has 1 aliphatic rings. The molecule has 1 saturated heterocycles. The van der Waals surface area contributed by atoms with Gasteiger partial charge < -0.3 is 16.0 Å². The zero-order valence-corrected chi connectivity index (χ0v) is 11.2. The first-order valence-corrected chi connectivity index (χ1v) is 6.87. The molecule has 1 amide bonds. The van der Waals surface area contributed by atoms with Crippen LogP contribution in [0.5, 0.6) is 0 Å². The van der Waals surface area contributed by atoms with Gasteiger partial charge in [-0.3, -0.25) is 4.79 Å². The van der Waals surface area contributed by atoms with E-state index in [1.807, 2.05) is 0 Å². The van der Waals surface area contributed by atoms with Crippen molar-refractivity contribution in [3.63, 3.8) is 0 Å². The van der Waals surface area contributed by atoms with Crippen molar-refractivity contribution < 1.29 is 9.18 Å². The lowest BCUT2D eigenvalue weighted by atomic mass is 10.1. The molecule has 1 unspecified atom stereocenters. The molecule has 1 atom stereocenters. The highest BCUT2D eigenvalue weighted by atomic mass is 19.1. The molecule has 2 aromatic heterocycles. The molecule has 1 aliphatic heterocycles. The van der Waals surface area contributed by atoms with Crippen LogP contribution in [0.3, 0.4) is 0 Å². The molecule has 0 aliphatic carbocycles. The quantitative estimate of drug-likeness (QED) is 0.667. The molecule has 0 saturated carbocycles. The number of benzene rings is 1. The van der Waals surface area contributed by atoms with E-state index in [0.717, 1.165) is 36.7 Å². The first-order valence-electron chi connectivity index (χ1n) is 6.87. The van der Waals surface area contributed by atoms with Gasteiger partial charge in [-0.15, -0.1) is 0 Å². The molecule has 3 heterocycles. The number of hydrogen-bond acceptors (Lipinski definition) is 3. The molecule has 108 valence electrons. The standard InChI is InChI=1S/C14H14FN5O/c15-7-4-8(13(16)21)12-11(5-7)19-14-9(6-18-20(12)14)10-2-1-3-17-10/h4-6,10,17,19H,1-3H2,(H2,16,21). The maximum Gasteiger partial charge on any atom is 0.251 e. The van der Waals surface area contributed by atoms with Gasteiger partial charge in [0.25, 0.3) is 5.91 Å². The lowest BCUT2D eigenvalue weighted by molar-refractivity contribution is 0.100. The minimum Gasteiger partial charge on any atom is -0.366 e. The highest BCUT2D eigenvalue weighted by molar-refractivity contribution is 6.05. The Morgan fingerprint density at radius 1 is 1.48 bits per heavy atom. The summed E-state index contributed by atoms with van der Waals surface area (Å²) in [4.78, 5) is 14.7. The van der Waals surface area contributed by atoms with Crippen LogP contribution in [0, 0.1) is 5.82 Å². The molecule has 21 heavy (non-hydrogen) atoms. The number of fused-ring (bicyclic) bond motifs is 3. The summed E-state index contributed by atoms with van der Waals surface area (Å²) in [5, 5.41) is 7.74. The highest BCUT2D eigenvalue weighted by Crippen LogP contribution is 2.29. The number of carbonyl (C=O) groups is 1. The minimum absolute atomic E-state index is 0.130. The molecule has 0 radical (unpaired) electrons. The van der Waals surface area contributed by atoms with Gasteiger partial charge in [-0.2, -0.15) is 5.10 Å². The molecule has 1 aromatic carbocycles. The van der Waals surface area contributed by atoms with Crippen LogP contribution in [0.1, 0.15) is 34.8 Å². The number of halogens is 1. The van der Waals surface area contributed by atoms with Crippen molar-refractivity contribution in [3.05, 3.63) is 35.3 Å². The lowest BCUT2D eigenvalue weighted by Crippen LogP contribution is -2.12. The van der Waals surface area contributed by atoms with Crippen LogP contribution < -0.4 is 11.1 Å². The third-order valence-corrected chi connectivity index (χ3v) is 4.04. The molecule has 7 heteroatoms. The smallest absolute Gasteiger partial charge is 0.251 e. The Hall–Kier alpha value is -2.41. The van der Waals surface area contributed by atoms with Gasteiger partial charge in [0.05, 0.1) is 17.3 Å². The van der Waals surface area contributed by atoms with E-state index in [0.29, 0.717) is 11.0 Å². The summed E-state index contributed by atoms with van der Waals surface area (Å²) in [6.45, 7) is 0.976. The van der Waals surface area contributed by atoms with Crippen molar-refractivity contribution in [3.8, 4) is 0 Å². The van der Waals surface area contributed by atoms with Crippen molar-refractivity contribution in [2.24, 2.45) is 5.73 Å². The van der Waals surface area contributed by atoms with E-state index >= 15 is 0 Å². The maximum atomic E-state index is 13.6. The zero-order valence-electron chi connectivity index (χ0n) is 11.2. The van der Waals surface area contributed by atoms with Gasteiger partial charge >= 0.3 is 0 Å². The van der Waals surface area contributed by atoms with Gasteiger partial charge in [0.15, 0.2) is 0 Å². The summed E-state index contributed by atoms with van der Waals surface area (Å²) < 4.78 is 15.3. The van der Waals surface area contributed by atoms with Gasteiger partial charge in [0.1, 0.15) is 17.0 Å². The Bertz CT molecular complexity index is 859. The van der Waals surface area contributed by atoms with E-state index in [4.69, 9.17) is 5.73 Å². The van der Waals surface area contributed by atoms with Crippen LogP contribution in [0.4, 0.5) is 4.39 Å². The van der Waals surface area contributed by atoms with E-state index < -0.39 is 11.7 Å². The fourth-order valence-electron chi connectivity index (χ4n) is 3.10. The van der Waals surface area contributed by atoms with Crippen molar-refractivity contribution in [1.29, 1.82) is 0 Å². The molecule has 6 nitrogen and oxygen atoms in total. The van der Waals surface area contributed by atoms with Gasteiger partial charge in [-0.1, -0.05) is 0 Å². The summed E-state index contributed by atoms with van der Waals surface area (Å²) in [7, 11) is 0. The van der Waals surface area contributed by atoms with Crippen molar-refractivity contribution >= 4 is 22.6 Å². The summed E-state index contributed by atoms with van der Waals surface area (Å²) in [6.07, 6.45) is 3.93. The monoisotopic (exact) mass is 287 g/mol. The summed E-state index contributed by atoms with van der Waals surface area (Å²) in [5.74, 6) is -1.17. The van der Waals surface area contributed by atoms with Crippen molar-refractivity contribution in [1.82, 2.24) is 19.9 Å². The number of H-pyrrole nitrogens is 1. The van der Waals surface area contributed by atoms with Crippen molar-refractivity contribution in [2.45, 2.75) is 18.9 Å². The van der Waals surface area contributed by atoms with E-state index in [9.17, 15) is 9.18 Å². The number of hydrogen-bond donors (Lipinski definition) is 3. The van der Waals surface area contributed by atoms with E-state index in [2.05, 4.69) is 15.4 Å². The lowest BCUT2D eigenvalue weighted by Gasteiger charge is -2.06. The summed E-state index contributed by atoms with van der Waals surface area (Å²) in [6, 6.07) is 2.73. The Balaban J connectivity index is 2.03. The Morgan fingerprint density at radius 2 is 2.33 bits per heavy atom. The largest absolute Gasteiger partial charge is 0.366 e. The van der Waals surface area contributed by atoms with Crippen LogP contribution in [0.15, 0.2) is 18.3 Å². The second-order valence-corrected chi connectivity index (χ2v) is 5.35. The topological polar surface area (TPSA) is 88.2 Å². The fourth-order valence-corrected chi connectivity index (χ4v) is 3.10. The van der Waals surface area contributed by atoms with Crippen LogP contribution in [-0.4, -0.2) is 27.0 Å². The normalized spacial score (nSPS) is 18.8. The summed E-state index contributed by atoms with van der Waals surface area (Å²) in [5.41, 5.74) is 8.32. The van der Waals surface area contributed by atoms with E-state index in [-0.39, 0.29) is 11.6 Å². The minimum atomic E-state index is -0.670. The predicted molar refractivity (Wildman–Crippen MR) is 75.5 cm³/mol. The number of nitrogens with one attached hydrogen (secondary N) is 2. The molecule has 1 fully saturated rings. The highest BCUT2D eigenvalue weighted by Gasteiger charge is 2.23. The second kappa shape index (κ2) is 4.29. The summed E-state index contributed by atoms with van der Waals surface area (Å²) >= 11 is 0. The van der Waals surface area contributed by atoms with E-state index in [1.54, 1.807) is 10.7 Å². The number of carbonyl (C=O) groups excluding carboxylic acids is 1. The second-order valence-electron chi connectivity index (χ2n) is 5.35. The van der Waals surface area contributed by atoms with Crippen LogP contribution in [-0.2, 0) is 0 Å². The van der Waals surface area contributed by atoms with Gasteiger partial charge in [-0.05, 0) is 31.5 Å². The van der Waals surface area contributed by atoms with Gasteiger partial charge in [0, 0.05) is 11.6 Å². The number of rotatable bonds is 2. The first-order chi connectivity index (χ1) is 10.1. The van der Waals surface area contributed by atoms with Gasteiger partial charge in [-0.25, -0.2) is 8.91 Å². The number of nitrogens with zero attached hydrogens (tertiary/aromatic N) is 2. The maximum absolute atomic E-state index is 13.6. The number of nitrogens with two attached hydrogens (primary N) is 1. The molecule has 3 aromatic rings. The number of primary amides is 1. The molecular weight excluding hydrogens is 273 g/mol. The number of aromatic amines is 1. The third kappa shape index (κ3) is 1.74. The number of imidazole rings is 1. The first kappa shape index (κ1) is 12.3. The Labute approximate surface area is 119 Å². The van der Waals surface area contributed by atoms with E-state index in [1.165, 1.54) is 6.07 Å².